The second-order valence-corrected chi connectivity index (χ2v) is 4.50. The third-order valence-electron chi connectivity index (χ3n) is 2.60. The summed E-state index contributed by atoms with van der Waals surface area (Å²) in [5, 5.41) is 0. The van der Waals surface area contributed by atoms with Crippen molar-refractivity contribution in [2.24, 2.45) is 0 Å². The van der Waals surface area contributed by atoms with Crippen LogP contribution in [-0.4, -0.2) is 19.5 Å². The van der Waals surface area contributed by atoms with Crippen LogP contribution >= 0.6 is 15.9 Å². The summed E-state index contributed by atoms with van der Waals surface area (Å²) in [4.78, 5) is 10.4. The van der Waals surface area contributed by atoms with Crippen LogP contribution in [0.1, 0.15) is 17.5 Å². The second kappa shape index (κ2) is 4.87. The minimum atomic E-state index is 0.525. The molecule has 0 radical (unpaired) electrons. The predicted molar refractivity (Wildman–Crippen MR) is 64.3 cm³/mol. The Labute approximate surface area is 103 Å². The average molecular weight is 285 g/mol. The van der Waals surface area contributed by atoms with Gasteiger partial charge in [0.15, 0.2) is 11.5 Å². The summed E-state index contributed by atoms with van der Waals surface area (Å²) in [5.41, 5.74) is 2.13. The Morgan fingerprint density at radius 2 is 2.19 bits per heavy atom. The predicted octanol–water partition coefficient (Wildman–Crippen LogP) is 2.66. The molecule has 0 unspecified atom stereocenters. The maximum atomic E-state index is 10.4. The smallest absolute Gasteiger partial charge is 0.165 e. The Morgan fingerprint density at radius 3 is 2.94 bits per heavy atom. The molecule has 0 aromatic heterocycles. The summed E-state index contributed by atoms with van der Waals surface area (Å²) in [6, 6.07) is 1.95. The first-order valence-electron chi connectivity index (χ1n) is 5.25. The molecule has 1 aromatic rings. The number of carbonyl (C=O) groups is 1. The van der Waals surface area contributed by atoms with Crippen LogP contribution in [0, 0.1) is 6.92 Å². The van der Waals surface area contributed by atoms with E-state index in [1.54, 1.807) is 0 Å². The van der Waals surface area contributed by atoms with Crippen molar-refractivity contribution in [3.63, 3.8) is 0 Å². The lowest BCUT2D eigenvalue weighted by atomic mass is 10.1. The van der Waals surface area contributed by atoms with Crippen molar-refractivity contribution in [3.05, 3.63) is 21.7 Å². The molecule has 1 aromatic carbocycles. The van der Waals surface area contributed by atoms with Crippen LogP contribution in [0.25, 0.3) is 0 Å². The Hall–Kier alpha value is -1.03. The van der Waals surface area contributed by atoms with Crippen molar-refractivity contribution >= 4 is 22.2 Å². The molecule has 4 heteroatoms. The van der Waals surface area contributed by atoms with E-state index in [9.17, 15) is 4.79 Å². The van der Waals surface area contributed by atoms with Crippen LogP contribution < -0.4 is 9.47 Å². The Morgan fingerprint density at radius 1 is 1.44 bits per heavy atom. The molecule has 2 rings (SSSR count). The van der Waals surface area contributed by atoms with E-state index in [1.807, 2.05) is 13.0 Å². The quantitative estimate of drug-likeness (QED) is 0.801. The number of hydrogen-bond acceptors (Lipinski definition) is 3. The monoisotopic (exact) mass is 284 g/mol. The topological polar surface area (TPSA) is 35.5 Å². The summed E-state index contributed by atoms with van der Waals surface area (Å²) < 4.78 is 12.1. The molecular weight excluding hydrogens is 272 g/mol. The maximum Gasteiger partial charge on any atom is 0.165 e. The molecule has 0 saturated carbocycles. The molecule has 1 heterocycles. The molecule has 0 N–H and O–H groups in total. The summed E-state index contributed by atoms with van der Waals surface area (Å²) >= 11 is 3.54. The molecule has 1 aliphatic heterocycles. The fraction of sp³-hybridized carbons (Fsp3) is 0.417. The third kappa shape index (κ3) is 2.07. The fourth-order valence-electron chi connectivity index (χ4n) is 1.79. The molecule has 0 amide bonds. The average Bonchev–Trinajstić information content (AvgIpc) is 2.32. The summed E-state index contributed by atoms with van der Waals surface area (Å²) in [6.07, 6.45) is 2.18. The van der Waals surface area contributed by atoms with Crippen molar-refractivity contribution in [1.29, 1.82) is 0 Å². The first-order valence-corrected chi connectivity index (χ1v) is 6.04. The van der Waals surface area contributed by atoms with E-state index in [4.69, 9.17) is 9.47 Å². The first-order chi connectivity index (χ1) is 7.74. The molecule has 0 spiro atoms. The van der Waals surface area contributed by atoms with Crippen molar-refractivity contribution in [2.45, 2.75) is 19.8 Å². The molecule has 3 nitrogen and oxygen atoms in total. The SMILES string of the molecule is Cc1c(Br)c(CCC=O)cc2c1OCCO2. The van der Waals surface area contributed by atoms with E-state index in [2.05, 4.69) is 15.9 Å². The minimum absolute atomic E-state index is 0.525. The van der Waals surface area contributed by atoms with Gasteiger partial charge in [0, 0.05) is 16.5 Å². The van der Waals surface area contributed by atoms with Crippen LogP contribution in [0.15, 0.2) is 10.5 Å². The molecular formula is C12H13BrO3. The normalized spacial score (nSPS) is 13.6. The summed E-state index contributed by atoms with van der Waals surface area (Å²) in [6.45, 7) is 3.16. The number of aryl methyl sites for hydroxylation is 1. The fourth-order valence-corrected chi connectivity index (χ4v) is 2.28. The largest absolute Gasteiger partial charge is 0.486 e. The lowest BCUT2D eigenvalue weighted by Gasteiger charge is -2.22. The van der Waals surface area contributed by atoms with Crippen molar-refractivity contribution < 1.29 is 14.3 Å². The molecule has 0 bridgehead atoms. The van der Waals surface area contributed by atoms with Gasteiger partial charge in [-0.1, -0.05) is 15.9 Å². The van der Waals surface area contributed by atoms with E-state index >= 15 is 0 Å². The van der Waals surface area contributed by atoms with Gasteiger partial charge in [0.05, 0.1) is 0 Å². The molecule has 16 heavy (non-hydrogen) atoms. The number of halogens is 1. The van der Waals surface area contributed by atoms with E-state index in [0.29, 0.717) is 19.6 Å². The highest BCUT2D eigenvalue weighted by molar-refractivity contribution is 9.10. The van der Waals surface area contributed by atoms with Crippen molar-refractivity contribution in [3.8, 4) is 11.5 Å². The first kappa shape index (κ1) is 11.5. The van der Waals surface area contributed by atoms with Gasteiger partial charge >= 0.3 is 0 Å². The van der Waals surface area contributed by atoms with E-state index in [1.165, 1.54) is 0 Å². The van der Waals surface area contributed by atoms with Gasteiger partial charge in [0.2, 0.25) is 0 Å². The second-order valence-electron chi connectivity index (χ2n) is 3.70. The maximum absolute atomic E-state index is 10.4. The van der Waals surface area contributed by atoms with Gasteiger partial charge in [-0.25, -0.2) is 0 Å². The highest BCUT2D eigenvalue weighted by Gasteiger charge is 2.18. The van der Waals surface area contributed by atoms with Gasteiger partial charge in [0.25, 0.3) is 0 Å². The minimum Gasteiger partial charge on any atom is -0.486 e. The summed E-state index contributed by atoms with van der Waals surface area (Å²) in [7, 11) is 0. The molecule has 0 atom stereocenters. The lowest BCUT2D eigenvalue weighted by Crippen LogP contribution is -2.16. The Bertz CT molecular complexity index is 415. The number of aldehydes is 1. The lowest BCUT2D eigenvalue weighted by molar-refractivity contribution is -0.107. The number of carbonyl (C=O) groups excluding carboxylic acids is 1. The van der Waals surface area contributed by atoms with Gasteiger partial charge < -0.3 is 14.3 Å². The molecule has 1 aliphatic rings. The van der Waals surface area contributed by atoms with E-state index < -0.39 is 0 Å². The van der Waals surface area contributed by atoms with Crippen LogP contribution in [0.3, 0.4) is 0 Å². The zero-order chi connectivity index (χ0) is 11.5. The van der Waals surface area contributed by atoms with Gasteiger partial charge in [-0.2, -0.15) is 0 Å². The van der Waals surface area contributed by atoms with Gasteiger partial charge in [-0.3, -0.25) is 0 Å². The number of fused-ring (bicyclic) bond motifs is 1. The van der Waals surface area contributed by atoms with E-state index in [-0.39, 0.29) is 0 Å². The molecule has 0 saturated heterocycles. The number of rotatable bonds is 3. The van der Waals surface area contributed by atoms with Crippen LogP contribution in [-0.2, 0) is 11.2 Å². The molecule has 0 fully saturated rings. The molecule has 0 aliphatic carbocycles. The Kier molecular flexibility index (Phi) is 3.49. The standard InChI is InChI=1S/C12H13BrO3/c1-8-11(13)9(3-2-4-14)7-10-12(8)16-6-5-15-10/h4,7H,2-3,5-6H2,1H3. The zero-order valence-electron chi connectivity index (χ0n) is 9.09. The van der Waals surface area contributed by atoms with Crippen molar-refractivity contribution in [2.75, 3.05) is 13.2 Å². The molecule has 86 valence electrons. The van der Waals surface area contributed by atoms with Crippen LogP contribution in [0.2, 0.25) is 0 Å². The highest BCUT2D eigenvalue weighted by Crippen LogP contribution is 2.40. The Balaban J connectivity index is 2.39. The van der Waals surface area contributed by atoms with Crippen LogP contribution in [0.4, 0.5) is 0 Å². The number of hydrogen-bond donors (Lipinski definition) is 0. The van der Waals surface area contributed by atoms with Gasteiger partial charge in [-0.15, -0.1) is 0 Å². The zero-order valence-corrected chi connectivity index (χ0v) is 10.7. The number of ether oxygens (including phenoxy) is 2. The van der Waals surface area contributed by atoms with E-state index in [0.717, 1.165) is 39.8 Å². The van der Waals surface area contributed by atoms with Crippen molar-refractivity contribution in [1.82, 2.24) is 0 Å². The van der Waals surface area contributed by atoms with Gasteiger partial charge in [0.1, 0.15) is 19.5 Å². The van der Waals surface area contributed by atoms with Gasteiger partial charge in [-0.05, 0) is 25.0 Å². The third-order valence-corrected chi connectivity index (χ3v) is 3.70. The van der Waals surface area contributed by atoms with Crippen LogP contribution in [0.5, 0.6) is 11.5 Å². The highest BCUT2D eigenvalue weighted by atomic mass is 79.9. The summed E-state index contributed by atoms with van der Waals surface area (Å²) in [5.74, 6) is 1.60. The number of benzene rings is 1.